The maximum absolute atomic E-state index is 12.7. The minimum absolute atomic E-state index is 0.00645. The van der Waals surface area contributed by atoms with E-state index in [2.05, 4.69) is 10.2 Å². The molecule has 2 aromatic carbocycles. The molecule has 1 N–H and O–H groups in total. The lowest BCUT2D eigenvalue weighted by molar-refractivity contribution is 0.0162. The molecule has 3 rings (SSSR count). The summed E-state index contributed by atoms with van der Waals surface area (Å²) in [5.41, 5.74) is 1.63. The van der Waals surface area contributed by atoms with Crippen LogP contribution in [0.25, 0.3) is 0 Å². The second-order valence-electron chi connectivity index (χ2n) is 6.95. The van der Waals surface area contributed by atoms with Gasteiger partial charge >= 0.3 is 0 Å². The predicted molar refractivity (Wildman–Crippen MR) is 115 cm³/mol. The number of hydrogen-bond donors (Lipinski definition) is 1. The predicted octanol–water partition coefficient (Wildman–Crippen LogP) is 2.91. The lowest BCUT2D eigenvalue weighted by Gasteiger charge is -2.35. The number of benzene rings is 2. The van der Waals surface area contributed by atoms with Gasteiger partial charge in [-0.2, -0.15) is 0 Å². The zero-order chi connectivity index (χ0) is 21.3. The molecule has 2 aromatic rings. The first kappa shape index (κ1) is 21.9. The van der Waals surface area contributed by atoms with Gasteiger partial charge in [-0.05, 0) is 42.8 Å². The molecule has 7 heteroatoms. The number of carbonyl (C=O) groups excluding carboxylic acids is 1. The van der Waals surface area contributed by atoms with E-state index in [9.17, 15) is 4.79 Å². The zero-order valence-electron chi connectivity index (χ0n) is 17.8. The summed E-state index contributed by atoms with van der Waals surface area (Å²) in [6.45, 7) is 5.93. The molecule has 0 radical (unpaired) electrons. The number of hydrogen-bond acceptors (Lipinski definition) is 6. The number of nitrogens with one attached hydrogen (secondary N) is 1. The van der Waals surface area contributed by atoms with Gasteiger partial charge in [0.2, 0.25) is 0 Å². The number of amides is 1. The molecule has 1 fully saturated rings. The average molecular weight is 415 g/mol. The van der Waals surface area contributed by atoms with E-state index in [1.54, 1.807) is 26.4 Å². The first-order valence-electron chi connectivity index (χ1n) is 10.2. The zero-order valence-corrected chi connectivity index (χ0v) is 17.8. The van der Waals surface area contributed by atoms with Crippen molar-refractivity contribution in [2.24, 2.45) is 0 Å². The van der Waals surface area contributed by atoms with Crippen LogP contribution >= 0.6 is 0 Å². The van der Waals surface area contributed by atoms with Gasteiger partial charge in [0.25, 0.3) is 5.91 Å². The second kappa shape index (κ2) is 10.8. The molecule has 1 heterocycles. The molecule has 162 valence electrons. The molecule has 1 unspecified atom stereocenters. The molecule has 0 aliphatic carbocycles. The molecule has 1 amide bonds. The monoisotopic (exact) mass is 414 g/mol. The molecule has 30 heavy (non-hydrogen) atoms. The highest BCUT2D eigenvalue weighted by atomic mass is 16.5. The van der Waals surface area contributed by atoms with Crippen molar-refractivity contribution in [1.29, 1.82) is 0 Å². The number of carbonyl (C=O) groups is 1. The molecule has 0 aromatic heterocycles. The third-order valence-electron chi connectivity index (χ3n) is 5.15. The maximum atomic E-state index is 12.7. The van der Waals surface area contributed by atoms with E-state index < -0.39 is 0 Å². The summed E-state index contributed by atoms with van der Waals surface area (Å²) in [6, 6.07) is 13.1. The van der Waals surface area contributed by atoms with Crippen molar-refractivity contribution >= 4 is 5.91 Å². The standard InChI is InChI=1S/C23H30N2O5/c1-4-30-21-9-8-17(15-22(21)28-3)20(25-10-12-29-13-11-25)16-24-23(26)18-6-5-7-19(14-18)27-2/h5-9,14-15,20H,4,10-13,16H2,1-3H3,(H,24,26). The normalized spacial score (nSPS) is 15.3. The average Bonchev–Trinajstić information content (AvgIpc) is 2.80. The fourth-order valence-corrected chi connectivity index (χ4v) is 3.57. The molecular formula is C23H30N2O5. The van der Waals surface area contributed by atoms with E-state index in [1.807, 2.05) is 37.3 Å². The molecule has 1 atom stereocenters. The number of rotatable bonds is 9. The summed E-state index contributed by atoms with van der Waals surface area (Å²) in [5, 5.41) is 3.07. The van der Waals surface area contributed by atoms with Crippen molar-refractivity contribution in [1.82, 2.24) is 10.2 Å². The Labute approximate surface area is 177 Å². The second-order valence-corrected chi connectivity index (χ2v) is 6.95. The Morgan fingerprint density at radius 3 is 2.60 bits per heavy atom. The minimum atomic E-state index is -0.134. The Morgan fingerprint density at radius 2 is 1.90 bits per heavy atom. The van der Waals surface area contributed by atoms with Crippen molar-refractivity contribution in [3.05, 3.63) is 53.6 Å². The van der Waals surface area contributed by atoms with Crippen LogP contribution in [0.4, 0.5) is 0 Å². The Bertz CT molecular complexity index is 836. The fraction of sp³-hybridized carbons (Fsp3) is 0.435. The highest BCUT2D eigenvalue weighted by Gasteiger charge is 2.24. The van der Waals surface area contributed by atoms with Crippen molar-refractivity contribution in [3.63, 3.8) is 0 Å². The fourth-order valence-electron chi connectivity index (χ4n) is 3.57. The topological polar surface area (TPSA) is 69.3 Å². The molecule has 1 aliphatic heterocycles. The van der Waals surface area contributed by atoms with Gasteiger partial charge in [0.15, 0.2) is 11.5 Å². The lowest BCUT2D eigenvalue weighted by Crippen LogP contribution is -2.43. The summed E-state index contributed by atoms with van der Waals surface area (Å²) in [4.78, 5) is 15.1. The van der Waals surface area contributed by atoms with Crippen molar-refractivity contribution < 1.29 is 23.7 Å². The Kier molecular flexibility index (Phi) is 7.93. The smallest absolute Gasteiger partial charge is 0.251 e. The van der Waals surface area contributed by atoms with Crippen LogP contribution in [0.2, 0.25) is 0 Å². The van der Waals surface area contributed by atoms with Crippen molar-refractivity contribution in [3.8, 4) is 17.2 Å². The van der Waals surface area contributed by atoms with E-state index in [0.717, 1.165) is 18.7 Å². The highest BCUT2D eigenvalue weighted by molar-refractivity contribution is 5.94. The van der Waals surface area contributed by atoms with E-state index in [4.69, 9.17) is 18.9 Å². The number of ether oxygens (including phenoxy) is 4. The van der Waals surface area contributed by atoms with Crippen LogP contribution in [0.15, 0.2) is 42.5 Å². The van der Waals surface area contributed by atoms with Gasteiger partial charge in [0.1, 0.15) is 5.75 Å². The number of nitrogens with zero attached hydrogens (tertiary/aromatic N) is 1. The first-order valence-corrected chi connectivity index (χ1v) is 10.2. The van der Waals surface area contributed by atoms with Gasteiger partial charge in [0, 0.05) is 25.2 Å². The van der Waals surface area contributed by atoms with E-state index in [-0.39, 0.29) is 11.9 Å². The lowest BCUT2D eigenvalue weighted by atomic mass is 10.0. The molecule has 0 bridgehead atoms. The van der Waals surface area contributed by atoms with Crippen LogP contribution in [0.5, 0.6) is 17.2 Å². The van der Waals surface area contributed by atoms with Gasteiger partial charge in [-0.25, -0.2) is 0 Å². The number of methoxy groups -OCH3 is 2. The highest BCUT2D eigenvalue weighted by Crippen LogP contribution is 2.32. The quantitative estimate of drug-likeness (QED) is 0.681. The summed E-state index contributed by atoms with van der Waals surface area (Å²) in [7, 11) is 3.22. The SMILES string of the molecule is CCOc1ccc(C(CNC(=O)c2cccc(OC)c2)N2CCOCC2)cc1OC. The van der Waals surface area contributed by atoms with Gasteiger partial charge in [0.05, 0.1) is 40.1 Å². The van der Waals surface area contributed by atoms with Crippen LogP contribution in [0.3, 0.4) is 0 Å². The van der Waals surface area contributed by atoms with Crippen molar-refractivity contribution in [2.75, 3.05) is 53.7 Å². The van der Waals surface area contributed by atoms with Crippen LogP contribution in [0, 0.1) is 0 Å². The van der Waals surface area contributed by atoms with Gasteiger partial charge in [-0.1, -0.05) is 12.1 Å². The molecule has 1 aliphatic rings. The van der Waals surface area contributed by atoms with E-state index >= 15 is 0 Å². The summed E-state index contributed by atoms with van der Waals surface area (Å²) in [6.07, 6.45) is 0. The van der Waals surface area contributed by atoms with E-state index in [1.165, 1.54) is 0 Å². The molecule has 0 spiro atoms. The van der Waals surface area contributed by atoms with Crippen LogP contribution < -0.4 is 19.5 Å². The molecule has 7 nitrogen and oxygen atoms in total. The van der Waals surface area contributed by atoms with E-state index in [0.29, 0.717) is 49.2 Å². The summed E-state index contributed by atoms with van der Waals surface area (Å²) >= 11 is 0. The summed E-state index contributed by atoms with van der Waals surface area (Å²) in [5.74, 6) is 1.92. The summed E-state index contributed by atoms with van der Waals surface area (Å²) < 4.78 is 21.9. The molecule has 0 saturated carbocycles. The van der Waals surface area contributed by atoms with Crippen LogP contribution in [-0.2, 0) is 4.74 Å². The minimum Gasteiger partial charge on any atom is -0.497 e. The third-order valence-corrected chi connectivity index (χ3v) is 5.15. The Balaban J connectivity index is 1.79. The van der Waals surface area contributed by atoms with Crippen molar-refractivity contribution in [2.45, 2.75) is 13.0 Å². The molecule has 1 saturated heterocycles. The van der Waals surface area contributed by atoms with Crippen LogP contribution in [-0.4, -0.2) is 64.5 Å². The first-order chi connectivity index (χ1) is 14.7. The Hall–Kier alpha value is -2.77. The van der Waals surface area contributed by atoms with Gasteiger partial charge < -0.3 is 24.3 Å². The maximum Gasteiger partial charge on any atom is 0.251 e. The Morgan fingerprint density at radius 1 is 1.10 bits per heavy atom. The van der Waals surface area contributed by atoms with Crippen LogP contribution in [0.1, 0.15) is 28.9 Å². The van der Waals surface area contributed by atoms with Gasteiger partial charge in [-0.3, -0.25) is 9.69 Å². The third kappa shape index (κ3) is 5.43. The molecular weight excluding hydrogens is 384 g/mol. The number of morpholine rings is 1. The van der Waals surface area contributed by atoms with Gasteiger partial charge in [-0.15, -0.1) is 0 Å². The largest absolute Gasteiger partial charge is 0.497 e.